The van der Waals surface area contributed by atoms with Crippen LogP contribution in [0.5, 0.6) is 0 Å². The number of aromatic nitrogens is 5. The minimum Gasteiger partial charge on any atom is -1.00 e. The van der Waals surface area contributed by atoms with Gasteiger partial charge in [-0.3, -0.25) is 10.1 Å². The van der Waals surface area contributed by atoms with Crippen LogP contribution in [0.1, 0.15) is 38.1 Å². The first-order valence-electron chi connectivity index (χ1n) is 8.84. The molecule has 0 bridgehead atoms. The number of hydrogen-bond acceptors (Lipinski definition) is 6. The van der Waals surface area contributed by atoms with E-state index >= 15 is 0 Å². The van der Waals surface area contributed by atoms with Gasteiger partial charge in [-0.25, -0.2) is 15.0 Å². The topological polar surface area (TPSA) is 106 Å². The van der Waals surface area contributed by atoms with Crippen molar-refractivity contribution in [2.75, 3.05) is 27.7 Å². The molecule has 0 amide bonds. The minimum atomic E-state index is -0.863. The molecule has 0 aliphatic carbocycles. The van der Waals surface area contributed by atoms with Gasteiger partial charge in [0.05, 0.1) is 38.2 Å². The number of nitrogens with one attached hydrogen (secondary N) is 1. The van der Waals surface area contributed by atoms with Gasteiger partial charge in [0.25, 0.3) is 5.95 Å². The molecule has 2 atom stereocenters. The fourth-order valence-corrected chi connectivity index (χ4v) is 2.91. The average Bonchev–Trinajstić information content (AvgIpc) is 3.06. The second-order valence-corrected chi connectivity index (χ2v) is 8.44. The maximum atomic E-state index is 11.6. The third kappa shape index (κ3) is 8.91. The molecule has 2 heterocycles. The SMILES string of the molecule is C[C@H](N[C@@H](CCCC[N+](C)(C)C)C(=O)O)c1ncnn1-c1ncc(Br)cn1.Cl.[Cl-]. The molecule has 0 saturated carbocycles. The highest BCUT2D eigenvalue weighted by molar-refractivity contribution is 9.10. The Morgan fingerprint density at radius 1 is 1.24 bits per heavy atom. The predicted octanol–water partition coefficient (Wildman–Crippen LogP) is -0.774. The maximum absolute atomic E-state index is 11.6. The normalized spacial score (nSPS) is 13.1. The van der Waals surface area contributed by atoms with Gasteiger partial charge in [-0.1, -0.05) is 0 Å². The van der Waals surface area contributed by atoms with E-state index in [9.17, 15) is 9.90 Å². The van der Waals surface area contributed by atoms with Crippen LogP contribution in [0.4, 0.5) is 0 Å². The average molecular weight is 513 g/mol. The summed E-state index contributed by atoms with van der Waals surface area (Å²) in [6.45, 7) is 2.87. The summed E-state index contributed by atoms with van der Waals surface area (Å²) in [5.74, 6) is 0.0853. The predicted molar refractivity (Wildman–Crippen MR) is 112 cm³/mol. The molecule has 29 heavy (non-hydrogen) atoms. The van der Waals surface area contributed by atoms with E-state index in [2.05, 4.69) is 62.4 Å². The highest BCUT2D eigenvalue weighted by Gasteiger charge is 2.23. The Kier molecular flexibility index (Phi) is 11.8. The standard InChI is InChI=1S/C17H26BrN7O2.2ClH/c1-12(23-14(16(26)27)7-5-6-8-25(2,3)4)15-21-11-22-24(15)17-19-9-13(18)10-20-17;;/h9-12,14,23H,5-8H2,1-4H3;2*1H/t12-,14-;;/m0../s1. The van der Waals surface area contributed by atoms with Crippen LogP contribution >= 0.6 is 28.3 Å². The molecular weight excluding hydrogens is 485 g/mol. The van der Waals surface area contributed by atoms with Gasteiger partial charge < -0.3 is 22.0 Å². The molecule has 0 aliphatic rings. The molecule has 2 N–H and O–H groups in total. The summed E-state index contributed by atoms with van der Waals surface area (Å²) in [7, 11) is 6.39. The number of halogens is 3. The lowest BCUT2D eigenvalue weighted by Crippen LogP contribution is -3.00. The lowest BCUT2D eigenvalue weighted by Gasteiger charge is -2.24. The fourth-order valence-electron chi connectivity index (χ4n) is 2.70. The van der Waals surface area contributed by atoms with E-state index in [1.54, 1.807) is 12.4 Å². The lowest BCUT2D eigenvalue weighted by atomic mass is 10.1. The number of hydrogen-bond donors (Lipinski definition) is 2. The Hall–Kier alpha value is -1.33. The van der Waals surface area contributed by atoms with Crippen molar-refractivity contribution in [3.63, 3.8) is 0 Å². The number of aliphatic carboxylic acids is 1. The Morgan fingerprint density at radius 2 is 1.86 bits per heavy atom. The van der Waals surface area contributed by atoms with Crippen molar-refractivity contribution in [1.82, 2.24) is 30.0 Å². The fraction of sp³-hybridized carbons (Fsp3) is 0.588. The zero-order chi connectivity index (χ0) is 20.0. The smallest absolute Gasteiger partial charge is 0.320 e. The largest absolute Gasteiger partial charge is 1.00 e. The number of carboxylic acid groups (broad SMARTS) is 1. The van der Waals surface area contributed by atoms with E-state index < -0.39 is 12.0 Å². The van der Waals surface area contributed by atoms with Crippen molar-refractivity contribution in [2.45, 2.75) is 38.3 Å². The van der Waals surface area contributed by atoms with Crippen molar-refractivity contribution >= 4 is 34.3 Å². The first-order valence-corrected chi connectivity index (χ1v) is 9.64. The van der Waals surface area contributed by atoms with Gasteiger partial charge in [0.2, 0.25) is 0 Å². The van der Waals surface area contributed by atoms with Crippen molar-refractivity contribution < 1.29 is 26.8 Å². The van der Waals surface area contributed by atoms with E-state index in [1.165, 1.54) is 11.0 Å². The van der Waals surface area contributed by atoms with E-state index in [0.29, 0.717) is 18.2 Å². The monoisotopic (exact) mass is 511 g/mol. The number of nitrogens with zero attached hydrogens (tertiary/aromatic N) is 6. The van der Waals surface area contributed by atoms with Crippen LogP contribution in [-0.2, 0) is 4.79 Å². The van der Waals surface area contributed by atoms with Crippen LogP contribution in [0.15, 0.2) is 23.2 Å². The zero-order valence-corrected chi connectivity index (χ0v) is 20.1. The first kappa shape index (κ1) is 27.7. The van der Waals surface area contributed by atoms with Gasteiger partial charge in [-0.2, -0.15) is 9.78 Å². The molecule has 0 aromatic carbocycles. The van der Waals surface area contributed by atoms with E-state index in [1.807, 2.05) is 6.92 Å². The second kappa shape index (κ2) is 12.4. The molecule has 2 rings (SSSR count). The molecule has 12 heteroatoms. The van der Waals surface area contributed by atoms with Gasteiger partial charge in [0.1, 0.15) is 12.4 Å². The molecule has 0 unspecified atom stereocenters. The summed E-state index contributed by atoms with van der Waals surface area (Å²) in [5.41, 5.74) is 0. The number of carbonyl (C=O) groups is 1. The van der Waals surface area contributed by atoms with E-state index in [0.717, 1.165) is 28.3 Å². The molecule has 0 fully saturated rings. The highest BCUT2D eigenvalue weighted by atomic mass is 79.9. The summed E-state index contributed by atoms with van der Waals surface area (Å²) in [4.78, 5) is 24.3. The van der Waals surface area contributed by atoms with Crippen LogP contribution in [0.2, 0.25) is 0 Å². The van der Waals surface area contributed by atoms with Crippen LogP contribution < -0.4 is 17.7 Å². The Labute approximate surface area is 191 Å². The quantitative estimate of drug-likeness (QED) is 0.318. The lowest BCUT2D eigenvalue weighted by molar-refractivity contribution is -0.870. The Bertz CT molecular complexity index is 753. The van der Waals surface area contributed by atoms with Crippen LogP contribution in [0.3, 0.4) is 0 Å². The first-order chi connectivity index (χ1) is 12.7. The molecule has 0 aliphatic heterocycles. The van der Waals surface area contributed by atoms with Gasteiger partial charge in [-0.05, 0) is 42.1 Å². The van der Waals surface area contributed by atoms with E-state index in [4.69, 9.17) is 0 Å². The van der Waals surface area contributed by atoms with Gasteiger partial charge in [-0.15, -0.1) is 12.4 Å². The molecule has 2 aromatic heterocycles. The summed E-state index contributed by atoms with van der Waals surface area (Å²) >= 11 is 3.30. The van der Waals surface area contributed by atoms with Crippen molar-refractivity contribution in [3.8, 4) is 5.95 Å². The molecule has 0 saturated heterocycles. The van der Waals surface area contributed by atoms with Crippen LogP contribution in [0.25, 0.3) is 5.95 Å². The second-order valence-electron chi connectivity index (χ2n) is 7.52. The third-order valence-electron chi connectivity index (χ3n) is 4.08. The summed E-state index contributed by atoms with van der Waals surface area (Å²) in [5, 5.41) is 16.9. The summed E-state index contributed by atoms with van der Waals surface area (Å²) < 4.78 is 3.15. The summed E-state index contributed by atoms with van der Waals surface area (Å²) in [6, 6.07) is -0.970. The molecule has 0 spiro atoms. The van der Waals surface area contributed by atoms with Gasteiger partial charge in [0, 0.05) is 12.4 Å². The summed E-state index contributed by atoms with van der Waals surface area (Å²) in [6.07, 6.45) is 7.04. The Morgan fingerprint density at radius 3 is 2.41 bits per heavy atom. The number of unbranched alkanes of at least 4 members (excludes halogenated alkanes) is 1. The van der Waals surface area contributed by atoms with E-state index in [-0.39, 0.29) is 30.9 Å². The molecule has 9 nitrogen and oxygen atoms in total. The third-order valence-corrected chi connectivity index (χ3v) is 4.49. The highest BCUT2D eigenvalue weighted by Crippen LogP contribution is 2.15. The number of carboxylic acids is 1. The van der Waals surface area contributed by atoms with Crippen molar-refractivity contribution in [2.24, 2.45) is 0 Å². The van der Waals surface area contributed by atoms with Crippen molar-refractivity contribution in [1.29, 1.82) is 0 Å². The number of quaternary nitrogens is 1. The molecule has 2 aromatic rings. The van der Waals surface area contributed by atoms with Crippen molar-refractivity contribution in [3.05, 3.63) is 29.0 Å². The minimum absolute atomic E-state index is 0. The van der Waals surface area contributed by atoms with Gasteiger partial charge >= 0.3 is 5.97 Å². The molecular formula is C17H28BrCl2N7O2. The molecule has 164 valence electrons. The van der Waals surface area contributed by atoms with Gasteiger partial charge in [0.15, 0.2) is 5.82 Å². The van der Waals surface area contributed by atoms with Crippen LogP contribution in [-0.4, -0.2) is 74.0 Å². The Balaban J connectivity index is 0.00000392. The van der Waals surface area contributed by atoms with Crippen LogP contribution in [0, 0.1) is 0 Å². The molecule has 0 radical (unpaired) electrons. The maximum Gasteiger partial charge on any atom is 0.320 e. The zero-order valence-electron chi connectivity index (χ0n) is 16.9. The number of rotatable bonds is 10.